The van der Waals surface area contributed by atoms with Crippen LogP contribution in [0.2, 0.25) is 0 Å². The van der Waals surface area contributed by atoms with Gasteiger partial charge in [-0.1, -0.05) is 36.4 Å². The Hall–Kier alpha value is -1.46. The van der Waals surface area contributed by atoms with Gasteiger partial charge in [-0.25, -0.2) is 0 Å². The number of carbonyl (C=O) groups excluding carboxylic acids is 1. The van der Waals surface area contributed by atoms with Gasteiger partial charge in [-0.2, -0.15) is 8.42 Å². The Kier molecular flexibility index (Phi) is 4.17. The number of benzene rings is 1. The largest absolute Gasteiger partial charge is 0.294 e. The van der Waals surface area contributed by atoms with Gasteiger partial charge in [-0.3, -0.25) is 8.98 Å². The summed E-state index contributed by atoms with van der Waals surface area (Å²) >= 11 is 0. The van der Waals surface area contributed by atoms with Crippen molar-refractivity contribution in [3.05, 3.63) is 48.0 Å². The highest BCUT2D eigenvalue weighted by atomic mass is 32.2. The Morgan fingerprint density at radius 3 is 2.53 bits per heavy atom. The first kappa shape index (κ1) is 14.0. The van der Waals surface area contributed by atoms with Gasteiger partial charge in [0.2, 0.25) is 0 Å². The van der Waals surface area contributed by atoms with Gasteiger partial charge in [0.15, 0.2) is 5.78 Å². The van der Waals surface area contributed by atoms with Crippen molar-refractivity contribution in [2.24, 2.45) is 5.92 Å². The van der Waals surface area contributed by atoms with Gasteiger partial charge < -0.3 is 0 Å². The van der Waals surface area contributed by atoms with Gasteiger partial charge in [-0.15, -0.1) is 0 Å². The molecule has 5 heteroatoms. The molecular weight excluding hydrogens is 264 g/mol. The molecule has 4 nitrogen and oxygen atoms in total. The van der Waals surface area contributed by atoms with Crippen molar-refractivity contribution >= 4 is 15.9 Å². The topological polar surface area (TPSA) is 60.4 Å². The zero-order chi connectivity index (χ0) is 13.9. The monoisotopic (exact) mass is 280 g/mol. The van der Waals surface area contributed by atoms with Crippen LogP contribution in [0.3, 0.4) is 0 Å². The summed E-state index contributed by atoms with van der Waals surface area (Å²) in [6.45, 7) is 0. The first-order valence-electron chi connectivity index (χ1n) is 6.10. The highest BCUT2D eigenvalue weighted by molar-refractivity contribution is 7.86. The fraction of sp³-hybridized carbons (Fsp3) is 0.357. The maximum Gasteiger partial charge on any atom is 0.264 e. The standard InChI is InChI=1S/C14H16O4S/c1-19(16,17)18-14-10-9-13(15)12(14)8-7-11-5-3-2-4-6-11/h2-6,9-10,12,14H,7-8H2,1H3/t12-,14-/m0/s1. The molecule has 19 heavy (non-hydrogen) atoms. The second kappa shape index (κ2) is 5.67. The van der Waals surface area contributed by atoms with E-state index in [9.17, 15) is 13.2 Å². The molecule has 0 aliphatic heterocycles. The van der Waals surface area contributed by atoms with Crippen LogP contribution in [-0.2, 0) is 25.5 Å². The number of aryl methyl sites for hydroxylation is 1. The SMILES string of the molecule is CS(=O)(=O)O[C@H]1C=CC(=O)[C@@H]1CCc1ccccc1. The van der Waals surface area contributed by atoms with Crippen LogP contribution < -0.4 is 0 Å². The molecule has 0 amide bonds. The van der Waals surface area contributed by atoms with E-state index < -0.39 is 22.1 Å². The minimum atomic E-state index is -3.55. The molecule has 0 unspecified atom stereocenters. The van der Waals surface area contributed by atoms with Crippen LogP contribution in [0.1, 0.15) is 12.0 Å². The molecule has 0 aromatic heterocycles. The quantitative estimate of drug-likeness (QED) is 0.771. The fourth-order valence-electron chi connectivity index (χ4n) is 2.18. The summed E-state index contributed by atoms with van der Waals surface area (Å²) in [4.78, 5) is 11.7. The molecule has 102 valence electrons. The van der Waals surface area contributed by atoms with Crippen molar-refractivity contribution in [1.29, 1.82) is 0 Å². The summed E-state index contributed by atoms with van der Waals surface area (Å²) in [5.41, 5.74) is 1.13. The van der Waals surface area contributed by atoms with E-state index in [4.69, 9.17) is 4.18 Å². The Bertz CT molecular complexity index is 575. The Morgan fingerprint density at radius 1 is 1.21 bits per heavy atom. The number of hydrogen-bond donors (Lipinski definition) is 0. The molecule has 1 aliphatic carbocycles. The van der Waals surface area contributed by atoms with Crippen LogP contribution >= 0.6 is 0 Å². The van der Waals surface area contributed by atoms with Crippen molar-refractivity contribution < 1.29 is 17.4 Å². The summed E-state index contributed by atoms with van der Waals surface area (Å²) in [6.07, 6.45) is 4.58. The third-order valence-electron chi connectivity index (χ3n) is 3.08. The van der Waals surface area contributed by atoms with Crippen LogP contribution in [0.25, 0.3) is 0 Å². The summed E-state index contributed by atoms with van der Waals surface area (Å²) in [5.74, 6) is -0.473. The first-order valence-corrected chi connectivity index (χ1v) is 7.91. The van der Waals surface area contributed by atoms with Gasteiger partial charge in [0.1, 0.15) is 6.10 Å². The van der Waals surface area contributed by atoms with Gasteiger partial charge in [0.25, 0.3) is 10.1 Å². The first-order chi connectivity index (χ1) is 8.96. The molecule has 0 N–H and O–H groups in total. The lowest BCUT2D eigenvalue weighted by molar-refractivity contribution is -0.119. The Balaban J connectivity index is 2.00. The van der Waals surface area contributed by atoms with Crippen LogP contribution in [0.4, 0.5) is 0 Å². The second-order valence-corrected chi connectivity index (χ2v) is 6.26. The lowest BCUT2D eigenvalue weighted by Gasteiger charge is -2.17. The third kappa shape index (κ3) is 4.01. The molecule has 0 fully saturated rings. The predicted octanol–water partition coefficient (Wildman–Crippen LogP) is 1.72. The van der Waals surface area contributed by atoms with E-state index in [1.165, 1.54) is 12.2 Å². The second-order valence-electron chi connectivity index (χ2n) is 4.66. The van der Waals surface area contributed by atoms with Crippen LogP contribution in [-0.4, -0.2) is 26.6 Å². The number of ketones is 1. The van der Waals surface area contributed by atoms with Crippen molar-refractivity contribution in [2.75, 3.05) is 6.26 Å². The number of carbonyl (C=O) groups is 1. The lowest BCUT2D eigenvalue weighted by atomic mass is 9.95. The number of allylic oxidation sites excluding steroid dienone is 1. The molecule has 2 atom stereocenters. The van der Waals surface area contributed by atoms with E-state index in [0.29, 0.717) is 6.42 Å². The summed E-state index contributed by atoms with van der Waals surface area (Å²) < 4.78 is 27.2. The van der Waals surface area contributed by atoms with E-state index in [0.717, 1.165) is 18.2 Å². The van der Waals surface area contributed by atoms with Crippen LogP contribution in [0.15, 0.2) is 42.5 Å². The molecule has 2 rings (SSSR count). The highest BCUT2D eigenvalue weighted by Crippen LogP contribution is 2.25. The zero-order valence-electron chi connectivity index (χ0n) is 10.7. The summed E-state index contributed by atoms with van der Waals surface area (Å²) in [6, 6.07) is 9.78. The average molecular weight is 280 g/mol. The predicted molar refractivity (Wildman–Crippen MR) is 72.1 cm³/mol. The maximum absolute atomic E-state index is 11.7. The average Bonchev–Trinajstić information content (AvgIpc) is 2.67. The minimum absolute atomic E-state index is 0.0652. The van der Waals surface area contributed by atoms with E-state index in [1.807, 2.05) is 30.3 Å². The van der Waals surface area contributed by atoms with Crippen molar-refractivity contribution in [1.82, 2.24) is 0 Å². The summed E-state index contributed by atoms with van der Waals surface area (Å²) in [5, 5.41) is 0. The molecule has 0 saturated carbocycles. The molecule has 1 aromatic carbocycles. The Morgan fingerprint density at radius 2 is 1.89 bits per heavy atom. The molecule has 0 saturated heterocycles. The molecule has 0 heterocycles. The van der Waals surface area contributed by atoms with Crippen molar-refractivity contribution in [2.45, 2.75) is 18.9 Å². The van der Waals surface area contributed by atoms with Gasteiger partial charge >= 0.3 is 0 Å². The van der Waals surface area contributed by atoms with E-state index in [2.05, 4.69) is 0 Å². The molecular formula is C14H16O4S. The number of rotatable bonds is 5. The van der Waals surface area contributed by atoms with E-state index in [-0.39, 0.29) is 5.78 Å². The van der Waals surface area contributed by atoms with Gasteiger partial charge in [-0.05, 0) is 24.5 Å². The molecule has 1 aromatic rings. The number of hydrogen-bond acceptors (Lipinski definition) is 4. The smallest absolute Gasteiger partial charge is 0.264 e. The third-order valence-corrected chi connectivity index (χ3v) is 3.66. The fourth-order valence-corrected chi connectivity index (χ4v) is 2.79. The molecule has 1 aliphatic rings. The molecule has 0 spiro atoms. The van der Waals surface area contributed by atoms with E-state index >= 15 is 0 Å². The zero-order valence-corrected chi connectivity index (χ0v) is 11.5. The minimum Gasteiger partial charge on any atom is -0.294 e. The van der Waals surface area contributed by atoms with Gasteiger partial charge in [0.05, 0.1) is 12.2 Å². The Labute approximate surface area is 113 Å². The lowest BCUT2D eigenvalue weighted by Crippen LogP contribution is -2.26. The highest BCUT2D eigenvalue weighted by Gasteiger charge is 2.32. The maximum atomic E-state index is 11.7. The normalized spacial score (nSPS) is 22.9. The summed E-state index contributed by atoms with van der Waals surface area (Å²) in [7, 11) is -3.55. The molecule has 0 bridgehead atoms. The van der Waals surface area contributed by atoms with E-state index in [1.54, 1.807) is 0 Å². The van der Waals surface area contributed by atoms with Crippen LogP contribution in [0, 0.1) is 5.92 Å². The molecule has 0 radical (unpaired) electrons. The van der Waals surface area contributed by atoms with Crippen molar-refractivity contribution in [3.63, 3.8) is 0 Å². The van der Waals surface area contributed by atoms with Gasteiger partial charge in [0, 0.05) is 0 Å². The van der Waals surface area contributed by atoms with Crippen molar-refractivity contribution in [3.8, 4) is 0 Å². The van der Waals surface area contributed by atoms with Crippen LogP contribution in [0.5, 0.6) is 0 Å².